The van der Waals surface area contributed by atoms with Gasteiger partial charge >= 0.3 is 0 Å². The van der Waals surface area contributed by atoms with E-state index in [1.165, 1.54) is 5.56 Å². The van der Waals surface area contributed by atoms with Crippen LogP contribution < -0.4 is 9.47 Å². The number of ether oxygens (including phenoxy) is 2. The SMILES string of the molecule is COc1cc(OC)cc(C2(O)CCN(Cc3ccccc3)CC2)c1. The maximum atomic E-state index is 11.1. The average molecular weight is 327 g/mol. The number of rotatable bonds is 5. The molecular weight excluding hydrogens is 302 g/mol. The van der Waals surface area contributed by atoms with E-state index in [0.29, 0.717) is 24.3 Å². The van der Waals surface area contributed by atoms with Gasteiger partial charge < -0.3 is 14.6 Å². The highest BCUT2D eigenvalue weighted by Crippen LogP contribution is 2.37. The zero-order chi connectivity index (χ0) is 17.0. The standard InChI is InChI=1S/C20H25NO3/c1-23-18-12-17(13-19(14-18)24-2)20(22)8-10-21(11-9-20)15-16-6-4-3-5-7-16/h3-7,12-14,22H,8-11,15H2,1-2H3. The van der Waals surface area contributed by atoms with Crippen molar-refractivity contribution in [1.29, 1.82) is 0 Å². The Morgan fingerprint density at radius 2 is 1.54 bits per heavy atom. The maximum absolute atomic E-state index is 11.1. The maximum Gasteiger partial charge on any atom is 0.122 e. The molecule has 0 spiro atoms. The van der Waals surface area contributed by atoms with E-state index in [1.807, 2.05) is 24.3 Å². The summed E-state index contributed by atoms with van der Waals surface area (Å²) in [5.74, 6) is 1.42. The summed E-state index contributed by atoms with van der Waals surface area (Å²) in [7, 11) is 3.26. The van der Waals surface area contributed by atoms with E-state index in [0.717, 1.165) is 25.2 Å². The fourth-order valence-corrected chi connectivity index (χ4v) is 3.29. The summed E-state index contributed by atoms with van der Waals surface area (Å²) in [6.45, 7) is 2.66. The number of hydrogen-bond acceptors (Lipinski definition) is 4. The number of piperidine rings is 1. The minimum atomic E-state index is -0.824. The van der Waals surface area contributed by atoms with Gasteiger partial charge in [-0.1, -0.05) is 30.3 Å². The van der Waals surface area contributed by atoms with Gasteiger partial charge in [0.2, 0.25) is 0 Å². The van der Waals surface area contributed by atoms with Crippen molar-refractivity contribution in [3.63, 3.8) is 0 Å². The van der Waals surface area contributed by atoms with E-state index < -0.39 is 5.60 Å². The van der Waals surface area contributed by atoms with E-state index in [1.54, 1.807) is 14.2 Å². The molecule has 128 valence electrons. The molecule has 0 saturated carbocycles. The normalized spacial score (nSPS) is 17.5. The first-order chi connectivity index (χ1) is 11.6. The molecule has 0 aromatic heterocycles. The molecule has 1 saturated heterocycles. The summed E-state index contributed by atoms with van der Waals surface area (Å²) in [5.41, 5.74) is 1.36. The van der Waals surface area contributed by atoms with Gasteiger partial charge in [0.15, 0.2) is 0 Å². The number of aliphatic hydroxyl groups is 1. The van der Waals surface area contributed by atoms with Gasteiger partial charge in [-0.3, -0.25) is 4.90 Å². The predicted molar refractivity (Wildman–Crippen MR) is 94.4 cm³/mol. The molecule has 2 aromatic carbocycles. The van der Waals surface area contributed by atoms with Gasteiger partial charge in [0, 0.05) is 25.7 Å². The Morgan fingerprint density at radius 1 is 0.958 bits per heavy atom. The zero-order valence-electron chi connectivity index (χ0n) is 14.4. The summed E-state index contributed by atoms with van der Waals surface area (Å²) in [6, 6.07) is 16.1. The molecule has 1 heterocycles. The lowest BCUT2D eigenvalue weighted by atomic mass is 9.84. The topological polar surface area (TPSA) is 41.9 Å². The van der Waals surface area contributed by atoms with Crippen LogP contribution >= 0.6 is 0 Å². The molecule has 4 heteroatoms. The Balaban J connectivity index is 1.70. The average Bonchev–Trinajstić information content (AvgIpc) is 2.64. The molecule has 0 unspecified atom stereocenters. The molecule has 0 atom stereocenters. The minimum absolute atomic E-state index is 0.705. The summed E-state index contributed by atoms with van der Waals surface area (Å²) in [4.78, 5) is 2.39. The molecule has 4 nitrogen and oxygen atoms in total. The second kappa shape index (κ2) is 7.24. The molecule has 1 N–H and O–H groups in total. The molecule has 2 aromatic rings. The third kappa shape index (κ3) is 3.71. The lowest BCUT2D eigenvalue weighted by Crippen LogP contribution is -2.42. The molecule has 1 aliphatic heterocycles. The fourth-order valence-electron chi connectivity index (χ4n) is 3.29. The van der Waals surface area contributed by atoms with Gasteiger partial charge in [0.25, 0.3) is 0 Å². The van der Waals surface area contributed by atoms with Crippen LogP contribution in [0.2, 0.25) is 0 Å². The van der Waals surface area contributed by atoms with Gasteiger partial charge in [0.05, 0.1) is 19.8 Å². The van der Waals surface area contributed by atoms with Crippen molar-refractivity contribution in [2.45, 2.75) is 25.0 Å². The van der Waals surface area contributed by atoms with Crippen LogP contribution in [0.15, 0.2) is 48.5 Å². The first-order valence-corrected chi connectivity index (χ1v) is 8.35. The molecule has 0 radical (unpaired) electrons. The van der Waals surface area contributed by atoms with Crippen LogP contribution in [0.4, 0.5) is 0 Å². The third-order valence-corrected chi connectivity index (χ3v) is 4.82. The van der Waals surface area contributed by atoms with Crippen LogP contribution in [0.25, 0.3) is 0 Å². The van der Waals surface area contributed by atoms with E-state index in [9.17, 15) is 5.11 Å². The molecule has 3 rings (SSSR count). The third-order valence-electron chi connectivity index (χ3n) is 4.82. The van der Waals surface area contributed by atoms with Crippen molar-refractivity contribution >= 4 is 0 Å². The van der Waals surface area contributed by atoms with Crippen LogP contribution in [-0.4, -0.2) is 37.3 Å². The number of hydrogen-bond donors (Lipinski definition) is 1. The second-order valence-corrected chi connectivity index (χ2v) is 6.39. The second-order valence-electron chi connectivity index (χ2n) is 6.39. The van der Waals surface area contributed by atoms with Crippen LogP contribution in [0, 0.1) is 0 Å². The Kier molecular flexibility index (Phi) is 5.07. The Hall–Kier alpha value is -2.04. The summed E-state index contributed by atoms with van der Waals surface area (Å²) < 4.78 is 10.7. The van der Waals surface area contributed by atoms with Crippen molar-refractivity contribution in [3.8, 4) is 11.5 Å². The highest BCUT2D eigenvalue weighted by atomic mass is 16.5. The van der Waals surface area contributed by atoms with Crippen molar-refractivity contribution < 1.29 is 14.6 Å². The smallest absolute Gasteiger partial charge is 0.122 e. The monoisotopic (exact) mass is 327 g/mol. The number of methoxy groups -OCH3 is 2. The first kappa shape index (κ1) is 16.8. The molecule has 0 amide bonds. The molecule has 1 fully saturated rings. The molecular formula is C20H25NO3. The van der Waals surface area contributed by atoms with Crippen LogP contribution in [0.1, 0.15) is 24.0 Å². The van der Waals surface area contributed by atoms with Crippen molar-refractivity contribution in [2.24, 2.45) is 0 Å². The van der Waals surface area contributed by atoms with Gasteiger partial charge in [-0.25, -0.2) is 0 Å². The number of benzene rings is 2. The molecule has 1 aliphatic rings. The fraction of sp³-hybridized carbons (Fsp3) is 0.400. The lowest BCUT2D eigenvalue weighted by Gasteiger charge is -2.38. The molecule has 24 heavy (non-hydrogen) atoms. The van der Waals surface area contributed by atoms with Gasteiger partial charge in [-0.2, -0.15) is 0 Å². The van der Waals surface area contributed by atoms with E-state index >= 15 is 0 Å². The number of likely N-dealkylation sites (tertiary alicyclic amines) is 1. The van der Waals surface area contributed by atoms with E-state index in [2.05, 4.69) is 29.2 Å². The van der Waals surface area contributed by atoms with Gasteiger partial charge in [-0.05, 0) is 36.1 Å². The van der Waals surface area contributed by atoms with Crippen molar-refractivity contribution in [3.05, 3.63) is 59.7 Å². The Morgan fingerprint density at radius 3 is 2.08 bits per heavy atom. The van der Waals surface area contributed by atoms with Crippen molar-refractivity contribution in [1.82, 2.24) is 4.90 Å². The van der Waals surface area contributed by atoms with Crippen LogP contribution in [0.3, 0.4) is 0 Å². The highest BCUT2D eigenvalue weighted by Gasteiger charge is 2.34. The summed E-state index contributed by atoms with van der Waals surface area (Å²) in [5, 5.41) is 11.1. The zero-order valence-corrected chi connectivity index (χ0v) is 14.4. The van der Waals surface area contributed by atoms with E-state index in [-0.39, 0.29) is 0 Å². The Bertz CT molecular complexity index is 642. The largest absolute Gasteiger partial charge is 0.497 e. The quantitative estimate of drug-likeness (QED) is 0.916. The van der Waals surface area contributed by atoms with Gasteiger partial charge in [-0.15, -0.1) is 0 Å². The van der Waals surface area contributed by atoms with Crippen molar-refractivity contribution in [2.75, 3.05) is 27.3 Å². The van der Waals surface area contributed by atoms with Crippen LogP contribution in [-0.2, 0) is 12.1 Å². The predicted octanol–water partition coefficient (Wildman–Crippen LogP) is 3.19. The van der Waals surface area contributed by atoms with Crippen LogP contribution in [0.5, 0.6) is 11.5 Å². The Labute approximate surface area is 143 Å². The highest BCUT2D eigenvalue weighted by molar-refractivity contribution is 5.41. The summed E-state index contributed by atoms with van der Waals surface area (Å²) in [6.07, 6.45) is 1.41. The van der Waals surface area contributed by atoms with E-state index in [4.69, 9.17) is 9.47 Å². The molecule has 0 aliphatic carbocycles. The lowest BCUT2D eigenvalue weighted by molar-refractivity contribution is -0.0279. The summed E-state index contributed by atoms with van der Waals surface area (Å²) >= 11 is 0. The molecule has 0 bridgehead atoms. The number of nitrogens with zero attached hydrogens (tertiary/aromatic N) is 1. The minimum Gasteiger partial charge on any atom is -0.497 e. The first-order valence-electron chi connectivity index (χ1n) is 8.35. The van der Waals surface area contributed by atoms with Gasteiger partial charge in [0.1, 0.15) is 11.5 Å².